The number of benzene rings is 2. The van der Waals surface area contributed by atoms with E-state index in [1.807, 2.05) is 63.2 Å². The molecule has 0 spiro atoms. The molecule has 1 unspecified atom stereocenters. The Hall–Kier alpha value is -2.33. The Labute approximate surface area is 131 Å². The molecule has 0 aliphatic rings. The van der Waals surface area contributed by atoms with Crippen molar-refractivity contribution in [3.63, 3.8) is 0 Å². The van der Waals surface area contributed by atoms with E-state index in [2.05, 4.69) is 10.6 Å². The van der Waals surface area contributed by atoms with E-state index < -0.39 is 6.10 Å². The number of anilines is 1. The number of amides is 2. The molecule has 0 aliphatic carbocycles. The van der Waals surface area contributed by atoms with Crippen LogP contribution < -0.4 is 10.6 Å². The first-order valence-corrected chi connectivity index (χ1v) is 7.33. The molecule has 0 aromatic heterocycles. The molecule has 0 heterocycles. The van der Waals surface area contributed by atoms with Crippen molar-refractivity contribution in [1.82, 2.24) is 5.32 Å². The number of carbonyl (C=O) groups is 1. The highest BCUT2D eigenvalue weighted by atomic mass is 16.3. The number of hydrogen-bond donors (Lipinski definition) is 3. The molecule has 2 aromatic rings. The van der Waals surface area contributed by atoms with Crippen molar-refractivity contribution < 1.29 is 9.90 Å². The van der Waals surface area contributed by atoms with Gasteiger partial charge >= 0.3 is 6.03 Å². The van der Waals surface area contributed by atoms with Crippen molar-refractivity contribution in [2.24, 2.45) is 0 Å². The SMILES string of the molecule is Cc1ccc(NC(=O)NCC(O)c2ccccc2C)cc1C. The molecule has 0 fully saturated rings. The molecule has 3 N–H and O–H groups in total. The van der Waals surface area contributed by atoms with Crippen molar-refractivity contribution in [2.75, 3.05) is 11.9 Å². The first-order chi connectivity index (χ1) is 10.5. The van der Waals surface area contributed by atoms with Crippen LogP contribution in [0.1, 0.15) is 28.4 Å². The summed E-state index contributed by atoms with van der Waals surface area (Å²) < 4.78 is 0. The third-order valence-corrected chi connectivity index (χ3v) is 3.77. The summed E-state index contributed by atoms with van der Waals surface area (Å²) in [5, 5.41) is 15.6. The Bertz CT molecular complexity index is 668. The molecule has 22 heavy (non-hydrogen) atoms. The fourth-order valence-corrected chi connectivity index (χ4v) is 2.25. The average molecular weight is 298 g/mol. The molecule has 2 aromatic carbocycles. The number of rotatable bonds is 4. The second kappa shape index (κ2) is 7.09. The fourth-order valence-electron chi connectivity index (χ4n) is 2.25. The third-order valence-electron chi connectivity index (χ3n) is 3.77. The first-order valence-electron chi connectivity index (χ1n) is 7.33. The lowest BCUT2D eigenvalue weighted by atomic mass is 10.0. The largest absolute Gasteiger partial charge is 0.387 e. The van der Waals surface area contributed by atoms with Gasteiger partial charge in [0.15, 0.2) is 0 Å². The number of carbonyl (C=O) groups excluding carboxylic acids is 1. The summed E-state index contributed by atoms with van der Waals surface area (Å²) in [6.07, 6.45) is -0.716. The molecule has 0 saturated heterocycles. The molecule has 1 atom stereocenters. The Kier molecular flexibility index (Phi) is 5.17. The van der Waals surface area contributed by atoms with E-state index in [1.165, 1.54) is 5.56 Å². The summed E-state index contributed by atoms with van der Waals surface area (Å²) >= 11 is 0. The average Bonchev–Trinajstić information content (AvgIpc) is 2.49. The van der Waals surface area contributed by atoms with Crippen molar-refractivity contribution in [2.45, 2.75) is 26.9 Å². The van der Waals surface area contributed by atoms with Gasteiger partial charge < -0.3 is 15.7 Å². The zero-order chi connectivity index (χ0) is 16.1. The van der Waals surface area contributed by atoms with Crippen LogP contribution in [0.3, 0.4) is 0 Å². The Morgan fingerprint density at radius 1 is 1.05 bits per heavy atom. The Morgan fingerprint density at radius 3 is 2.45 bits per heavy atom. The van der Waals surface area contributed by atoms with Gasteiger partial charge in [-0.25, -0.2) is 4.79 Å². The van der Waals surface area contributed by atoms with Crippen LogP contribution in [0, 0.1) is 20.8 Å². The summed E-state index contributed by atoms with van der Waals surface area (Å²) in [4.78, 5) is 11.9. The molecule has 116 valence electrons. The van der Waals surface area contributed by atoms with Crippen molar-refractivity contribution in [3.8, 4) is 0 Å². The monoisotopic (exact) mass is 298 g/mol. The highest BCUT2D eigenvalue weighted by molar-refractivity contribution is 5.89. The highest BCUT2D eigenvalue weighted by Crippen LogP contribution is 2.17. The maximum absolute atomic E-state index is 11.9. The van der Waals surface area contributed by atoms with Gasteiger partial charge in [-0.15, -0.1) is 0 Å². The van der Waals surface area contributed by atoms with Crippen LogP contribution in [0.2, 0.25) is 0 Å². The molecular formula is C18H22N2O2. The molecule has 4 nitrogen and oxygen atoms in total. The number of nitrogens with one attached hydrogen (secondary N) is 2. The van der Waals surface area contributed by atoms with Crippen LogP contribution >= 0.6 is 0 Å². The molecule has 2 amide bonds. The summed E-state index contributed by atoms with van der Waals surface area (Å²) in [6.45, 7) is 6.13. The summed E-state index contributed by atoms with van der Waals surface area (Å²) in [5.41, 5.74) is 4.88. The lowest BCUT2D eigenvalue weighted by Crippen LogP contribution is -2.32. The minimum Gasteiger partial charge on any atom is -0.387 e. The number of aliphatic hydroxyl groups is 1. The van der Waals surface area contributed by atoms with E-state index in [0.717, 1.165) is 22.4 Å². The maximum Gasteiger partial charge on any atom is 0.319 e. The van der Waals surface area contributed by atoms with E-state index in [4.69, 9.17) is 0 Å². The summed E-state index contributed by atoms with van der Waals surface area (Å²) in [7, 11) is 0. The van der Waals surface area contributed by atoms with E-state index in [9.17, 15) is 9.90 Å². The number of hydrogen-bond acceptors (Lipinski definition) is 2. The smallest absolute Gasteiger partial charge is 0.319 e. The van der Waals surface area contributed by atoms with E-state index >= 15 is 0 Å². The van der Waals surface area contributed by atoms with Crippen LogP contribution in [-0.2, 0) is 0 Å². The van der Waals surface area contributed by atoms with Crippen LogP contribution in [0.15, 0.2) is 42.5 Å². The van der Waals surface area contributed by atoms with Crippen molar-refractivity contribution in [1.29, 1.82) is 0 Å². The fraction of sp³-hybridized carbons (Fsp3) is 0.278. The quantitative estimate of drug-likeness (QED) is 0.809. The van der Waals surface area contributed by atoms with Gasteiger partial charge in [0.05, 0.1) is 6.10 Å². The molecular weight excluding hydrogens is 276 g/mol. The van der Waals surface area contributed by atoms with E-state index in [0.29, 0.717) is 0 Å². The standard InChI is InChI=1S/C18H22N2O2/c1-12-8-9-15(10-14(12)3)20-18(22)19-11-17(21)16-7-5-4-6-13(16)2/h4-10,17,21H,11H2,1-3H3,(H2,19,20,22). The lowest BCUT2D eigenvalue weighted by molar-refractivity contribution is 0.174. The van der Waals surface area contributed by atoms with E-state index in [-0.39, 0.29) is 12.6 Å². The molecule has 0 bridgehead atoms. The molecule has 0 aliphatic heterocycles. The van der Waals surface area contributed by atoms with Gasteiger partial charge in [-0.1, -0.05) is 30.3 Å². The van der Waals surface area contributed by atoms with Crippen LogP contribution in [0.4, 0.5) is 10.5 Å². The Balaban J connectivity index is 1.90. The normalized spacial score (nSPS) is 11.8. The zero-order valence-electron chi connectivity index (χ0n) is 13.2. The van der Waals surface area contributed by atoms with Crippen molar-refractivity contribution >= 4 is 11.7 Å². The molecule has 4 heteroatoms. The van der Waals surface area contributed by atoms with Crippen LogP contribution in [0.25, 0.3) is 0 Å². The molecule has 0 radical (unpaired) electrons. The van der Waals surface area contributed by atoms with E-state index in [1.54, 1.807) is 0 Å². The first kappa shape index (κ1) is 16.0. The van der Waals surface area contributed by atoms with Gasteiger partial charge in [0.1, 0.15) is 0 Å². The minimum absolute atomic E-state index is 0.168. The molecule has 0 saturated carbocycles. The van der Waals surface area contributed by atoms with Gasteiger partial charge in [0.2, 0.25) is 0 Å². The molecule has 2 rings (SSSR count). The predicted molar refractivity (Wildman–Crippen MR) is 89.1 cm³/mol. The van der Waals surface area contributed by atoms with Crippen LogP contribution in [-0.4, -0.2) is 17.7 Å². The summed E-state index contributed by atoms with van der Waals surface area (Å²) in [6, 6.07) is 13.0. The third kappa shape index (κ3) is 4.09. The van der Waals surface area contributed by atoms with Gasteiger partial charge in [-0.05, 0) is 55.2 Å². The number of aryl methyl sites for hydroxylation is 3. The maximum atomic E-state index is 11.9. The van der Waals surface area contributed by atoms with Gasteiger partial charge in [0.25, 0.3) is 0 Å². The second-order valence-corrected chi connectivity index (χ2v) is 5.51. The number of urea groups is 1. The van der Waals surface area contributed by atoms with Crippen molar-refractivity contribution in [3.05, 3.63) is 64.7 Å². The lowest BCUT2D eigenvalue weighted by Gasteiger charge is -2.15. The highest BCUT2D eigenvalue weighted by Gasteiger charge is 2.11. The summed E-state index contributed by atoms with van der Waals surface area (Å²) in [5.74, 6) is 0. The minimum atomic E-state index is -0.716. The van der Waals surface area contributed by atoms with Gasteiger partial charge in [0, 0.05) is 12.2 Å². The van der Waals surface area contributed by atoms with Gasteiger partial charge in [-0.2, -0.15) is 0 Å². The Morgan fingerprint density at radius 2 is 1.77 bits per heavy atom. The zero-order valence-corrected chi connectivity index (χ0v) is 13.2. The number of aliphatic hydroxyl groups excluding tert-OH is 1. The predicted octanol–water partition coefficient (Wildman–Crippen LogP) is 3.47. The topological polar surface area (TPSA) is 61.4 Å². The van der Waals surface area contributed by atoms with Crippen LogP contribution in [0.5, 0.6) is 0 Å². The second-order valence-electron chi connectivity index (χ2n) is 5.51. The van der Waals surface area contributed by atoms with Gasteiger partial charge in [-0.3, -0.25) is 0 Å².